The maximum Gasteiger partial charge on any atom is 0.278 e. The molecule has 0 saturated heterocycles. The summed E-state index contributed by atoms with van der Waals surface area (Å²) in [5.41, 5.74) is 1.69. The number of carbonyl (C=O) groups excluding carboxylic acids is 1. The third-order valence-corrected chi connectivity index (χ3v) is 4.90. The monoisotopic (exact) mass is 416 g/mol. The molecule has 0 aliphatic carbocycles. The van der Waals surface area contributed by atoms with Crippen molar-refractivity contribution >= 4 is 29.0 Å². The zero-order valence-corrected chi connectivity index (χ0v) is 16.8. The molecule has 0 aliphatic heterocycles. The molecular weight excluding hydrogens is 399 g/mol. The number of aliphatic hydroxyl groups excluding tert-OH is 1. The molecule has 3 aromatic rings. The highest BCUT2D eigenvalue weighted by Gasteiger charge is 2.24. The van der Waals surface area contributed by atoms with Crippen molar-refractivity contribution < 1.29 is 9.90 Å². The van der Waals surface area contributed by atoms with Crippen LogP contribution in [-0.2, 0) is 0 Å². The van der Waals surface area contributed by atoms with Gasteiger partial charge in [0.15, 0.2) is 5.78 Å². The smallest absolute Gasteiger partial charge is 0.278 e. The zero-order valence-electron chi connectivity index (χ0n) is 15.3. The predicted octanol–water partition coefficient (Wildman–Crippen LogP) is 4.64. The van der Waals surface area contributed by atoms with E-state index in [-0.39, 0.29) is 18.0 Å². The van der Waals surface area contributed by atoms with Crippen molar-refractivity contribution in [2.45, 2.75) is 19.9 Å². The van der Waals surface area contributed by atoms with Gasteiger partial charge < -0.3 is 5.11 Å². The van der Waals surface area contributed by atoms with Gasteiger partial charge in [0, 0.05) is 21.2 Å². The number of Topliss-reactive ketones (excluding diaryl/α,β-unsaturated/α-hetero) is 1. The molecule has 5 nitrogen and oxygen atoms in total. The Morgan fingerprint density at radius 1 is 1.04 bits per heavy atom. The lowest BCUT2D eigenvalue weighted by molar-refractivity contribution is 0.101. The zero-order chi connectivity index (χ0) is 20.4. The summed E-state index contributed by atoms with van der Waals surface area (Å²) in [5.74, 6) is -0.383. The summed E-state index contributed by atoms with van der Waals surface area (Å²) >= 11 is 12.0. The Morgan fingerprint density at radius 2 is 1.54 bits per heavy atom. The van der Waals surface area contributed by atoms with Gasteiger partial charge in [-0.15, -0.1) is 0 Å². The molecule has 1 aromatic heterocycles. The first-order valence-electron chi connectivity index (χ1n) is 8.64. The molecule has 144 valence electrons. The lowest BCUT2D eigenvalue weighted by Crippen LogP contribution is -2.33. The van der Waals surface area contributed by atoms with E-state index in [1.165, 1.54) is 6.92 Å². The predicted molar refractivity (Wildman–Crippen MR) is 111 cm³/mol. The first-order valence-corrected chi connectivity index (χ1v) is 9.39. The number of halogens is 2. The summed E-state index contributed by atoms with van der Waals surface area (Å²) in [6, 6.07) is 13.2. The molecule has 1 atom stereocenters. The fraction of sp³-hybridized carbons (Fsp3) is 0.190. The van der Waals surface area contributed by atoms with Crippen molar-refractivity contribution in [2.75, 3.05) is 6.61 Å². The summed E-state index contributed by atoms with van der Waals surface area (Å²) in [5, 5.41) is 15.1. The van der Waals surface area contributed by atoms with E-state index in [1.54, 1.807) is 55.5 Å². The van der Waals surface area contributed by atoms with Gasteiger partial charge in [0.05, 0.1) is 23.9 Å². The molecule has 1 unspecified atom stereocenters. The summed E-state index contributed by atoms with van der Waals surface area (Å²) in [7, 11) is 0. The van der Waals surface area contributed by atoms with Gasteiger partial charge in [0.1, 0.15) is 0 Å². The van der Waals surface area contributed by atoms with Crippen molar-refractivity contribution in [1.29, 1.82) is 0 Å². The molecule has 2 aromatic carbocycles. The molecule has 1 heterocycles. The van der Waals surface area contributed by atoms with Crippen LogP contribution in [-0.4, -0.2) is 27.3 Å². The van der Waals surface area contributed by atoms with Crippen molar-refractivity contribution in [1.82, 2.24) is 9.78 Å². The Bertz CT molecular complexity index is 1070. The minimum atomic E-state index is -0.587. The number of ketones is 1. The Hall–Kier alpha value is -2.47. The standard InChI is InChI=1S/C21H18Cl2N2O3/c1-12(11-26)25-21(28)18(13(2)27)19(14-3-7-16(22)8-4-14)20(24-25)15-5-9-17(23)10-6-15/h3-10,12,26H,11H2,1-2H3. The van der Waals surface area contributed by atoms with Crippen LogP contribution >= 0.6 is 23.2 Å². The third kappa shape index (κ3) is 3.87. The van der Waals surface area contributed by atoms with Crippen LogP contribution < -0.4 is 5.56 Å². The second-order valence-electron chi connectivity index (χ2n) is 6.45. The fourth-order valence-corrected chi connectivity index (χ4v) is 3.21. The van der Waals surface area contributed by atoms with Crippen LogP contribution in [0.1, 0.15) is 30.2 Å². The minimum Gasteiger partial charge on any atom is -0.394 e. The lowest BCUT2D eigenvalue weighted by atomic mass is 9.94. The highest BCUT2D eigenvalue weighted by atomic mass is 35.5. The van der Waals surface area contributed by atoms with Gasteiger partial charge >= 0.3 is 0 Å². The molecule has 0 amide bonds. The quantitative estimate of drug-likeness (QED) is 0.614. The van der Waals surface area contributed by atoms with Crippen LogP contribution in [0.15, 0.2) is 53.3 Å². The molecule has 0 aliphatic rings. The van der Waals surface area contributed by atoms with Crippen LogP contribution in [0, 0.1) is 0 Å². The number of aromatic nitrogens is 2. The Balaban J connectivity index is 2.44. The second kappa shape index (κ2) is 8.27. The van der Waals surface area contributed by atoms with Gasteiger partial charge in [-0.1, -0.05) is 47.5 Å². The van der Waals surface area contributed by atoms with Gasteiger partial charge in [-0.3, -0.25) is 9.59 Å². The average Bonchev–Trinajstić information content (AvgIpc) is 2.68. The Morgan fingerprint density at radius 3 is 2.00 bits per heavy atom. The van der Waals surface area contributed by atoms with Crippen LogP contribution in [0.2, 0.25) is 10.0 Å². The summed E-state index contributed by atoms with van der Waals surface area (Å²) in [6.45, 7) is 2.71. The van der Waals surface area contributed by atoms with Crippen LogP contribution in [0.25, 0.3) is 22.4 Å². The van der Waals surface area contributed by atoms with Gasteiger partial charge in [0.25, 0.3) is 5.56 Å². The van der Waals surface area contributed by atoms with E-state index in [2.05, 4.69) is 5.10 Å². The summed E-state index contributed by atoms with van der Waals surface area (Å²) in [6.07, 6.45) is 0. The molecule has 0 spiro atoms. The first-order chi connectivity index (χ1) is 13.3. The second-order valence-corrected chi connectivity index (χ2v) is 7.32. The Kier molecular flexibility index (Phi) is 5.98. The van der Waals surface area contributed by atoms with Gasteiger partial charge in [-0.05, 0) is 43.7 Å². The average molecular weight is 417 g/mol. The molecule has 3 rings (SSSR count). The number of carbonyl (C=O) groups is 1. The fourth-order valence-electron chi connectivity index (χ4n) is 2.95. The maximum atomic E-state index is 13.0. The number of hydrogen-bond acceptors (Lipinski definition) is 4. The van der Waals surface area contributed by atoms with Gasteiger partial charge in [-0.25, -0.2) is 4.68 Å². The van der Waals surface area contributed by atoms with Crippen LogP contribution in [0.3, 0.4) is 0 Å². The van der Waals surface area contributed by atoms with Gasteiger partial charge in [-0.2, -0.15) is 5.10 Å². The van der Waals surface area contributed by atoms with Crippen molar-refractivity contribution in [3.8, 4) is 22.4 Å². The summed E-state index contributed by atoms with van der Waals surface area (Å²) in [4.78, 5) is 25.5. The van der Waals surface area contributed by atoms with Gasteiger partial charge in [0.2, 0.25) is 0 Å². The number of nitrogens with zero attached hydrogens (tertiary/aromatic N) is 2. The van der Waals surface area contributed by atoms with E-state index >= 15 is 0 Å². The first kappa shape index (κ1) is 20.3. The number of rotatable bonds is 5. The number of aliphatic hydroxyl groups is 1. The molecule has 0 radical (unpaired) electrons. The van der Waals surface area contributed by atoms with Crippen molar-refractivity contribution in [3.63, 3.8) is 0 Å². The third-order valence-electron chi connectivity index (χ3n) is 4.40. The molecular formula is C21H18Cl2N2O3. The molecule has 0 bridgehead atoms. The molecule has 28 heavy (non-hydrogen) atoms. The van der Waals surface area contributed by atoms with E-state index in [0.717, 1.165) is 4.68 Å². The Labute approximate surface area is 172 Å². The topological polar surface area (TPSA) is 72.2 Å². The van der Waals surface area contributed by atoms with E-state index in [0.29, 0.717) is 32.4 Å². The highest BCUT2D eigenvalue weighted by molar-refractivity contribution is 6.31. The molecule has 0 saturated carbocycles. The minimum absolute atomic E-state index is 0.0163. The van der Waals surface area contributed by atoms with Crippen molar-refractivity contribution in [3.05, 3.63) is 74.5 Å². The highest BCUT2D eigenvalue weighted by Crippen LogP contribution is 2.33. The summed E-state index contributed by atoms with van der Waals surface area (Å²) < 4.78 is 1.15. The van der Waals surface area contributed by atoms with E-state index in [9.17, 15) is 14.7 Å². The molecule has 7 heteroatoms. The SMILES string of the molecule is CC(=O)c1c(-c2ccc(Cl)cc2)c(-c2ccc(Cl)cc2)nn(C(C)CO)c1=O. The normalized spacial score (nSPS) is 12.0. The van der Waals surface area contributed by atoms with E-state index in [1.807, 2.05) is 0 Å². The van der Waals surface area contributed by atoms with Crippen molar-refractivity contribution in [2.24, 2.45) is 0 Å². The van der Waals surface area contributed by atoms with E-state index < -0.39 is 11.6 Å². The van der Waals surface area contributed by atoms with Crippen LogP contribution in [0.5, 0.6) is 0 Å². The number of benzene rings is 2. The molecule has 0 fully saturated rings. The largest absolute Gasteiger partial charge is 0.394 e. The van der Waals surface area contributed by atoms with E-state index in [4.69, 9.17) is 23.2 Å². The van der Waals surface area contributed by atoms with Crippen LogP contribution in [0.4, 0.5) is 0 Å². The number of hydrogen-bond donors (Lipinski definition) is 1. The molecule has 1 N–H and O–H groups in total. The maximum absolute atomic E-state index is 13.0. The lowest BCUT2D eigenvalue weighted by Gasteiger charge is -2.19.